The number of methoxy groups -OCH3 is 1. The van der Waals surface area contributed by atoms with Crippen LogP contribution in [-0.4, -0.2) is 30.7 Å². The molecule has 20 heavy (non-hydrogen) atoms. The highest BCUT2D eigenvalue weighted by Gasteiger charge is 2.23. The maximum absolute atomic E-state index is 12.5. The van der Waals surface area contributed by atoms with Gasteiger partial charge in [0.25, 0.3) is 0 Å². The zero-order valence-corrected chi connectivity index (χ0v) is 11.4. The third-order valence-electron chi connectivity index (χ3n) is 2.94. The molecule has 0 spiro atoms. The SMILES string of the molecule is COc1ccc(S(=O)(=O)c2c[nH]c3ccccc23)nn1. The molecule has 3 aromatic rings. The fourth-order valence-corrected chi connectivity index (χ4v) is 3.24. The van der Waals surface area contributed by atoms with Crippen molar-refractivity contribution < 1.29 is 13.2 Å². The lowest BCUT2D eigenvalue weighted by Gasteiger charge is -2.02. The third kappa shape index (κ3) is 1.92. The molecule has 2 heterocycles. The summed E-state index contributed by atoms with van der Waals surface area (Å²) in [6.45, 7) is 0. The molecule has 0 amide bonds. The second-order valence-electron chi connectivity index (χ2n) is 4.12. The van der Waals surface area contributed by atoms with E-state index in [1.165, 1.54) is 25.4 Å². The standard InChI is InChI=1S/C13H11N3O3S/c1-19-12-6-7-13(16-15-12)20(17,18)11-8-14-10-5-3-2-4-9(10)11/h2-8,14H,1H3. The molecule has 7 heteroatoms. The average Bonchev–Trinajstić information content (AvgIpc) is 2.92. The predicted octanol–water partition coefficient (Wildman–Crippen LogP) is 1.80. The molecule has 0 atom stereocenters. The van der Waals surface area contributed by atoms with E-state index < -0.39 is 9.84 Å². The summed E-state index contributed by atoms with van der Waals surface area (Å²) in [7, 11) is -2.27. The van der Waals surface area contributed by atoms with Crippen molar-refractivity contribution in [3.05, 3.63) is 42.6 Å². The predicted molar refractivity (Wildman–Crippen MR) is 72.3 cm³/mol. The summed E-state index contributed by atoms with van der Waals surface area (Å²) >= 11 is 0. The molecular weight excluding hydrogens is 278 g/mol. The number of hydrogen-bond donors (Lipinski definition) is 1. The van der Waals surface area contributed by atoms with Crippen LogP contribution in [0.25, 0.3) is 10.9 Å². The second kappa shape index (κ2) is 4.61. The molecule has 2 aromatic heterocycles. The maximum atomic E-state index is 12.5. The number of rotatable bonds is 3. The number of nitrogens with one attached hydrogen (secondary N) is 1. The average molecular weight is 289 g/mol. The highest BCUT2D eigenvalue weighted by atomic mass is 32.2. The van der Waals surface area contributed by atoms with E-state index in [2.05, 4.69) is 15.2 Å². The smallest absolute Gasteiger partial charge is 0.233 e. The molecule has 0 saturated heterocycles. The monoisotopic (exact) mass is 289 g/mol. The molecule has 0 aliphatic rings. The van der Waals surface area contributed by atoms with E-state index in [-0.39, 0.29) is 15.8 Å². The minimum absolute atomic E-state index is 0.108. The lowest BCUT2D eigenvalue weighted by Crippen LogP contribution is -2.05. The minimum Gasteiger partial charge on any atom is -0.480 e. The molecule has 1 aromatic carbocycles. The second-order valence-corrected chi connectivity index (χ2v) is 5.98. The number of ether oxygens (including phenoxy) is 1. The van der Waals surface area contributed by atoms with E-state index in [1.54, 1.807) is 12.1 Å². The Labute approximate surface area is 115 Å². The number of nitrogens with zero attached hydrogens (tertiary/aromatic N) is 2. The third-order valence-corrected chi connectivity index (χ3v) is 4.63. The molecule has 3 rings (SSSR count). The van der Waals surface area contributed by atoms with Crippen LogP contribution in [0.1, 0.15) is 0 Å². The van der Waals surface area contributed by atoms with E-state index in [0.29, 0.717) is 5.39 Å². The van der Waals surface area contributed by atoms with Crippen LogP contribution in [0.4, 0.5) is 0 Å². The lowest BCUT2D eigenvalue weighted by atomic mass is 10.2. The number of sulfone groups is 1. The van der Waals surface area contributed by atoms with Crippen LogP contribution >= 0.6 is 0 Å². The molecule has 0 saturated carbocycles. The van der Waals surface area contributed by atoms with Gasteiger partial charge in [-0.2, -0.15) is 0 Å². The number of aromatic nitrogens is 3. The van der Waals surface area contributed by atoms with Crippen molar-refractivity contribution in [2.75, 3.05) is 7.11 Å². The summed E-state index contributed by atoms with van der Waals surface area (Å²) in [5, 5.41) is 7.92. The Kier molecular flexibility index (Phi) is 2.90. The van der Waals surface area contributed by atoms with Gasteiger partial charge in [0.1, 0.15) is 0 Å². The molecule has 0 unspecified atom stereocenters. The van der Waals surface area contributed by atoms with Crippen LogP contribution in [-0.2, 0) is 9.84 Å². The number of fused-ring (bicyclic) bond motifs is 1. The summed E-state index contributed by atoms with van der Waals surface area (Å²) in [4.78, 5) is 3.12. The topological polar surface area (TPSA) is 84.9 Å². The number of aromatic amines is 1. The number of benzene rings is 1. The Morgan fingerprint density at radius 3 is 2.60 bits per heavy atom. The number of para-hydroxylation sites is 1. The quantitative estimate of drug-likeness (QED) is 0.794. The highest BCUT2D eigenvalue weighted by molar-refractivity contribution is 7.91. The Bertz CT molecular complexity index is 854. The molecule has 6 nitrogen and oxygen atoms in total. The van der Waals surface area contributed by atoms with Gasteiger partial charge >= 0.3 is 0 Å². The van der Waals surface area contributed by atoms with E-state index in [0.717, 1.165) is 5.52 Å². The molecule has 0 aliphatic carbocycles. The van der Waals surface area contributed by atoms with Crippen LogP contribution in [0.3, 0.4) is 0 Å². The van der Waals surface area contributed by atoms with Gasteiger partial charge in [0.15, 0.2) is 5.03 Å². The van der Waals surface area contributed by atoms with Gasteiger partial charge in [0, 0.05) is 23.2 Å². The van der Waals surface area contributed by atoms with Crippen LogP contribution in [0.5, 0.6) is 5.88 Å². The van der Waals surface area contributed by atoms with Gasteiger partial charge in [-0.1, -0.05) is 18.2 Å². The Morgan fingerprint density at radius 2 is 1.90 bits per heavy atom. The first-order chi connectivity index (χ1) is 9.63. The van der Waals surface area contributed by atoms with Crippen molar-refractivity contribution >= 4 is 20.7 Å². The number of H-pyrrole nitrogens is 1. The zero-order valence-electron chi connectivity index (χ0n) is 10.6. The number of hydrogen-bond acceptors (Lipinski definition) is 5. The van der Waals surface area contributed by atoms with Crippen LogP contribution in [0.15, 0.2) is 52.5 Å². The highest BCUT2D eigenvalue weighted by Crippen LogP contribution is 2.27. The minimum atomic E-state index is -3.71. The normalized spacial score (nSPS) is 11.7. The van der Waals surface area contributed by atoms with E-state index in [9.17, 15) is 8.42 Å². The first kappa shape index (κ1) is 12.6. The lowest BCUT2D eigenvalue weighted by molar-refractivity contribution is 0.389. The van der Waals surface area contributed by atoms with Gasteiger partial charge in [-0.3, -0.25) is 0 Å². The first-order valence-corrected chi connectivity index (χ1v) is 7.30. The molecular formula is C13H11N3O3S. The Hall–Kier alpha value is -2.41. The van der Waals surface area contributed by atoms with E-state index >= 15 is 0 Å². The fraction of sp³-hybridized carbons (Fsp3) is 0.0769. The Balaban J connectivity index is 2.15. The van der Waals surface area contributed by atoms with Gasteiger partial charge in [0.2, 0.25) is 15.7 Å². The first-order valence-electron chi connectivity index (χ1n) is 5.82. The summed E-state index contributed by atoms with van der Waals surface area (Å²) < 4.78 is 30.0. The molecule has 0 fully saturated rings. The fourth-order valence-electron chi connectivity index (χ4n) is 1.94. The zero-order chi connectivity index (χ0) is 14.2. The van der Waals surface area contributed by atoms with Crippen molar-refractivity contribution in [3.8, 4) is 5.88 Å². The van der Waals surface area contributed by atoms with Crippen molar-refractivity contribution in [2.24, 2.45) is 0 Å². The molecule has 0 aliphatic heterocycles. The summed E-state index contributed by atoms with van der Waals surface area (Å²) in [5.74, 6) is 0.267. The van der Waals surface area contributed by atoms with E-state index in [4.69, 9.17) is 4.74 Å². The van der Waals surface area contributed by atoms with Gasteiger partial charge in [-0.05, 0) is 12.1 Å². The summed E-state index contributed by atoms with van der Waals surface area (Å²) in [6, 6.07) is 10.0. The van der Waals surface area contributed by atoms with Gasteiger partial charge in [-0.15, -0.1) is 10.2 Å². The van der Waals surface area contributed by atoms with Crippen LogP contribution < -0.4 is 4.74 Å². The van der Waals surface area contributed by atoms with Crippen LogP contribution in [0, 0.1) is 0 Å². The summed E-state index contributed by atoms with van der Waals surface area (Å²) in [5.41, 5.74) is 0.757. The van der Waals surface area contributed by atoms with Gasteiger partial charge in [-0.25, -0.2) is 8.42 Å². The molecule has 0 bridgehead atoms. The molecule has 1 N–H and O–H groups in total. The molecule has 102 valence electrons. The van der Waals surface area contributed by atoms with E-state index in [1.807, 2.05) is 12.1 Å². The summed E-state index contributed by atoms with van der Waals surface area (Å²) in [6.07, 6.45) is 1.46. The van der Waals surface area contributed by atoms with Crippen LogP contribution in [0.2, 0.25) is 0 Å². The van der Waals surface area contributed by atoms with Crippen molar-refractivity contribution in [3.63, 3.8) is 0 Å². The van der Waals surface area contributed by atoms with Crippen molar-refractivity contribution in [2.45, 2.75) is 9.92 Å². The van der Waals surface area contributed by atoms with Crippen molar-refractivity contribution in [1.29, 1.82) is 0 Å². The van der Waals surface area contributed by atoms with Crippen molar-refractivity contribution in [1.82, 2.24) is 15.2 Å². The van der Waals surface area contributed by atoms with Gasteiger partial charge < -0.3 is 9.72 Å². The molecule has 0 radical (unpaired) electrons. The largest absolute Gasteiger partial charge is 0.480 e. The Morgan fingerprint density at radius 1 is 1.10 bits per heavy atom. The maximum Gasteiger partial charge on any atom is 0.233 e. The van der Waals surface area contributed by atoms with Gasteiger partial charge in [0.05, 0.1) is 12.0 Å².